The van der Waals surface area contributed by atoms with Gasteiger partial charge in [0.2, 0.25) is 0 Å². The van der Waals surface area contributed by atoms with Gasteiger partial charge in [0.15, 0.2) is 0 Å². The van der Waals surface area contributed by atoms with Crippen LogP contribution >= 0.6 is 0 Å². The van der Waals surface area contributed by atoms with E-state index in [0.29, 0.717) is 31.7 Å². The van der Waals surface area contributed by atoms with Crippen LogP contribution in [0.4, 0.5) is 0 Å². The molecule has 1 aliphatic rings. The highest BCUT2D eigenvalue weighted by Gasteiger charge is 2.33. The van der Waals surface area contributed by atoms with Gasteiger partial charge in [-0.2, -0.15) is 5.10 Å². The van der Waals surface area contributed by atoms with Gasteiger partial charge in [-0.1, -0.05) is 13.8 Å². The van der Waals surface area contributed by atoms with Gasteiger partial charge in [0.05, 0.1) is 18.7 Å². The lowest BCUT2D eigenvalue weighted by Gasteiger charge is -2.16. The largest absolute Gasteiger partial charge is 0.469 e. The molecule has 1 aromatic rings. The van der Waals surface area contributed by atoms with Crippen LogP contribution in [0.1, 0.15) is 49.3 Å². The number of amides is 1. The van der Waals surface area contributed by atoms with E-state index in [9.17, 15) is 9.59 Å². The van der Waals surface area contributed by atoms with Crippen molar-refractivity contribution < 1.29 is 14.3 Å². The first-order valence-corrected chi connectivity index (χ1v) is 7.42. The smallest absolute Gasteiger partial charge is 0.310 e. The third-order valence-electron chi connectivity index (χ3n) is 3.92. The van der Waals surface area contributed by atoms with Gasteiger partial charge in [0.25, 0.3) is 5.91 Å². The molecule has 21 heavy (non-hydrogen) atoms. The fraction of sp³-hybridized carbons (Fsp3) is 0.667. The second-order valence-corrected chi connectivity index (χ2v) is 5.68. The molecule has 0 bridgehead atoms. The molecule has 0 aromatic carbocycles. The van der Waals surface area contributed by atoms with Gasteiger partial charge < -0.3 is 9.64 Å². The van der Waals surface area contributed by atoms with E-state index in [0.717, 1.165) is 5.69 Å². The number of methoxy groups -OCH3 is 1. The van der Waals surface area contributed by atoms with E-state index in [1.807, 2.05) is 13.0 Å². The highest BCUT2D eigenvalue weighted by atomic mass is 16.5. The number of esters is 1. The first-order chi connectivity index (χ1) is 9.97. The Morgan fingerprint density at radius 1 is 1.48 bits per heavy atom. The van der Waals surface area contributed by atoms with Crippen LogP contribution in [0.2, 0.25) is 0 Å². The quantitative estimate of drug-likeness (QED) is 0.792. The zero-order valence-corrected chi connectivity index (χ0v) is 13.1. The minimum absolute atomic E-state index is 0.0531. The molecule has 6 nitrogen and oxygen atoms in total. The number of aromatic nitrogens is 2. The van der Waals surface area contributed by atoms with Crippen LogP contribution in [0.25, 0.3) is 0 Å². The number of hydrogen-bond donors (Lipinski definition) is 0. The predicted molar refractivity (Wildman–Crippen MR) is 78.0 cm³/mol. The van der Waals surface area contributed by atoms with Crippen molar-refractivity contribution in [3.63, 3.8) is 0 Å². The molecule has 2 heterocycles. The van der Waals surface area contributed by atoms with Crippen molar-refractivity contribution in [3.8, 4) is 0 Å². The summed E-state index contributed by atoms with van der Waals surface area (Å²) < 4.78 is 6.49. The fourth-order valence-electron chi connectivity index (χ4n) is 2.60. The van der Waals surface area contributed by atoms with Gasteiger partial charge in [-0.25, -0.2) is 0 Å². The molecule has 1 aromatic heterocycles. The average molecular weight is 293 g/mol. The van der Waals surface area contributed by atoms with Gasteiger partial charge >= 0.3 is 5.97 Å². The molecule has 0 radical (unpaired) electrons. The van der Waals surface area contributed by atoms with E-state index in [4.69, 9.17) is 4.74 Å². The summed E-state index contributed by atoms with van der Waals surface area (Å²) in [6, 6.07) is 1.86. The number of hydrogen-bond acceptors (Lipinski definition) is 4. The molecule has 1 fully saturated rings. The molecule has 0 saturated carbocycles. The molecule has 6 heteroatoms. The van der Waals surface area contributed by atoms with Crippen LogP contribution in [0.15, 0.2) is 6.07 Å². The van der Waals surface area contributed by atoms with Gasteiger partial charge in [-0.15, -0.1) is 0 Å². The average Bonchev–Trinajstić information content (AvgIpc) is 3.12. The first-order valence-electron chi connectivity index (χ1n) is 7.42. The normalized spacial score (nSPS) is 18.3. The highest BCUT2D eigenvalue weighted by Crippen LogP contribution is 2.21. The van der Waals surface area contributed by atoms with Crippen LogP contribution in [-0.4, -0.2) is 46.8 Å². The van der Waals surface area contributed by atoms with Crippen molar-refractivity contribution in [1.29, 1.82) is 0 Å². The van der Waals surface area contributed by atoms with Gasteiger partial charge in [0.1, 0.15) is 5.69 Å². The van der Waals surface area contributed by atoms with Crippen LogP contribution in [0, 0.1) is 5.92 Å². The lowest BCUT2D eigenvalue weighted by molar-refractivity contribution is -0.144. The first kappa shape index (κ1) is 15.5. The summed E-state index contributed by atoms with van der Waals surface area (Å²) in [6.07, 6.45) is 0.662. The number of carbonyl (C=O) groups is 2. The van der Waals surface area contributed by atoms with Crippen LogP contribution in [0.5, 0.6) is 0 Å². The van der Waals surface area contributed by atoms with Crippen molar-refractivity contribution in [2.45, 2.75) is 39.7 Å². The molecular weight excluding hydrogens is 270 g/mol. The summed E-state index contributed by atoms with van der Waals surface area (Å²) in [4.78, 5) is 25.9. The van der Waals surface area contributed by atoms with E-state index in [1.165, 1.54) is 7.11 Å². The maximum Gasteiger partial charge on any atom is 0.310 e. The summed E-state index contributed by atoms with van der Waals surface area (Å²) in [5, 5.41) is 4.47. The zero-order chi connectivity index (χ0) is 15.6. The fourth-order valence-corrected chi connectivity index (χ4v) is 2.60. The van der Waals surface area contributed by atoms with Crippen molar-refractivity contribution in [2.75, 3.05) is 20.2 Å². The molecule has 116 valence electrons. The molecule has 1 unspecified atom stereocenters. The monoisotopic (exact) mass is 293 g/mol. The number of rotatable bonds is 4. The predicted octanol–water partition coefficient (Wildman–Crippen LogP) is 1.66. The molecule has 0 N–H and O–H groups in total. The van der Waals surface area contributed by atoms with E-state index in [1.54, 1.807) is 9.58 Å². The molecular formula is C15H23N3O3. The minimum Gasteiger partial charge on any atom is -0.469 e. The second kappa shape index (κ2) is 6.28. The van der Waals surface area contributed by atoms with Crippen molar-refractivity contribution in [2.24, 2.45) is 5.92 Å². The summed E-state index contributed by atoms with van der Waals surface area (Å²) >= 11 is 0. The van der Waals surface area contributed by atoms with E-state index in [2.05, 4.69) is 18.9 Å². The second-order valence-electron chi connectivity index (χ2n) is 5.68. The van der Waals surface area contributed by atoms with E-state index in [-0.39, 0.29) is 23.7 Å². The van der Waals surface area contributed by atoms with Crippen molar-refractivity contribution in [1.82, 2.24) is 14.7 Å². The SMILES string of the molecule is CCn1nc(C(C)C)cc1C(=O)N1CCC(C(=O)OC)C1. The maximum atomic E-state index is 12.6. The Morgan fingerprint density at radius 3 is 2.76 bits per heavy atom. The minimum atomic E-state index is -0.239. The molecule has 1 saturated heterocycles. The lowest BCUT2D eigenvalue weighted by Crippen LogP contribution is -2.31. The molecule has 1 amide bonds. The molecule has 0 aliphatic carbocycles. The van der Waals surface area contributed by atoms with Crippen molar-refractivity contribution >= 4 is 11.9 Å². The maximum absolute atomic E-state index is 12.6. The van der Waals surface area contributed by atoms with E-state index >= 15 is 0 Å². The molecule has 0 spiro atoms. The Balaban J connectivity index is 2.15. The third kappa shape index (κ3) is 3.09. The summed E-state index contributed by atoms with van der Waals surface area (Å²) in [5.41, 5.74) is 1.52. The third-order valence-corrected chi connectivity index (χ3v) is 3.92. The van der Waals surface area contributed by atoms with Gasteiger partial charge in [0, 0.05) is 19.6 Å². The Kier molecular flexibility index (Phi) is 4.65. The van der Waals surface area contributed by atoms with Crippen LogP contribution in [-0.2, 0) is 16.1 Å². The lowest BCUT2D eigenvalue weighted by atomic mass is 10.1. The van der Waals surface area contributed by atoms with Gasteiger partial charge in [-0.3, -0.25) is 14.3 Å². The number of likely N-dealkylation sites (tertiary alicyclic amines) is 1. The van der Waals surface area contributed by atoms with Crippen LogP contribution in [0.3, 0.4) is 0 Å². The Morgan fingerprint density at radius 2 is 2.19 bits per heavy atom. The topological polar surface area (TPSA) is 64.4 Å². The highest BCUT2D eigenvalue weighted by molar-refractivity contribution is 5.93. The number of nitrogens with zero attached hydrogens (tertiary/aromatic N) is 3. The Labute approximate surface area is 125 Å². The summed E-state index contributed by atoms with van der Waals surface area (Å²) in [7, 11) is 1.38. The Bertz CT molecular complexity index is 536. The zero-order valence-electron chi connectivity index (χ0n) is 13.1. The standard InChI is InChI=1S/C15H23N3O3/c1-5-18-13(8-12(16-18)10(2)3)14(19)17-7-6-11(9-17)15(20)21-4/h8,10-11H,5-7,9H2,1-4H3. The number of carbonyl (C=O) groups excluding carboxylic acids is 2. The van der Waals surface area contributed by atoms with Crippen LogP contribution < -0.4 is 0 Å². The van der Waals surface area contributed by atoms with Crippen molar-refractivity contribution in [3.05, 3.63) is 17.5 Å². The summed E-state index contributed by atoms with van der Waals surface area (Å²) in [5.74, 6) is -0.216. The van der Waals surface area contributed by atoms with E-state index < -0.39 is 0 Å². The number of ether oxygens (including phenoxy) is 1. The summed E-state index contributed by atoms with van der Waals surface area (Å²) in [6.45, 7) is 7.75. The molecule has 1 aliphatic heterocycles. The molecule has 1 atom stereocenters. The Hall–Kier alpha value is -1.85. The van der Waals surface area contributed by atoms with Gasteiger partial charge in [-0.05, 0) is 25.3 Å². The number of aryl methyl sites for hydroxylation is 1. The molecule has 2 rings (SSSR count).